The number of hydrogen-bond donors (Lipinski definition) is 1. The molecule has 0 saturated carbocycles. The van der Waals surface area contributed by atoms with Gasteiger partial charge in [0.15, 0.2) is 0 Å². The summed E-state index contributed by atoms with van der Waals surface area (Å²) < 4.78 is 5.19. The van der Waals surface area contributed by atoms with Crippen LogP contribution < -0.4 is 5.73 Å². The fourth-order valence-corrected chi connectivity index (χ4v) is 2.41. The maximum atomic E-state index is 11.9. The molecule has 3 rings (SSSR count). The minimum Gasteiger partial charge on any atom is -0.462 e. The summed E-state index contributed by atoms with van der Waals surface area (Å²) in [5.74, 6) is -0.323. The second-order valence-corrected chi connectivity index (χ2v) is 6.54. The van der Waals surface area contributed by atoms with Crippen LogP contribution in [0.15, 0.2) is 93.3 Å². The lowest BCUT2D eigenvalue weighted by Gasteiger charge is -2.03. The van der Waals surface area contributed by atoms with E-state index in [4.69, 9.17) is 10.5 Å². The van der Waals surface area contributed by atoms with Gasteiger partial charge in [-0.05, 0) is 79.2 Å². The molecule has 0 bridgehead atoms. The predicted octanol–water partition coefficient (Wildman–Crippen LogP) is 7.06. The van der Waals surface area contributed by atoms with E-state index < -0.39 is 0 Å². The van der Waals surface area contributed by atoms with Gasteiger partial charge in [-0.3, -0.25) is 0 Å². The van der Waals surface area contributed by atoms with Crippen molar-refractivity contribution in [2.24, 2.45) is 20.5 Å². The number of anilines is 1. The number of carbonyl (C=O) groups is 1. The number of azo groups is 2. The smallest absolute Gasteiger partial charge is 0.338 e. The highest BCUT2D eigenvalue weighted by atomic mass is 16.5. The van der Waals surface area contributed by atoms with E-state index in [2.05, 4.69) is 20.5 Å². The summed E-state index contributed by atoms with van der Waals surface area (Å²) in [7, 11) is 0. The Labute approximate surface area is 175 Å². The summed E-state index contributed by atoms with van der Waals surface area (Å²) >= 11 is 0. The number of nitrogen functional groups attached to an aromatic ring is 1. The van der Waals surface area contributed by atoms with Gasteiger partial charge in [0.05, 0.1) is 34.9 Å². The van der Waals surface area contributed by atoms with Crippen molar-refractivity contribution in [2.45, 2.75) is 19.8 Å². The second kappa shape index (κ2) is 10.6. The summed E-state index contributed by atoms with van der Waals surface area (Å²) in [5, 5.41) is 16.7. The number of rotatable bonds is 8. The molecule has 30 heavy (non-hydrogen) atoms. The third-order valence-electron chi connectivity index (χ3n) is 4.14. The molecule has 0 radical (unpaired) electrons. The van der Waals surface area contributed by atoms with E-state index in [-0.39, 0.29) is 5.97 Å². The van der Waals surface area contributed by atoms with Gasteiger partial charge < -0.3 is 10.5 Å². The lowest BCUT2D eigenvalue weighted by molar-refractivity contribution is 0.0500. The lowest BCUT2D eigenvalue weighted by atomic mass is 10.2. The molecule has 0 amide bonds. The van der Waals surface area contributed by atoms with Gasteiger partial charge in [-0.15, -0.1) is 0 Å². The van der Waals surface area contributed by atoms with Crippen LogP contribution >= 0.6 is 0 Å². The molecule has 0 unspecified atom stereocenters. The minimum absolute atomic E-state index is 0.323. The van der Waals surface area contributed by atoms with Crippen LogP contribution in [-0.4, -0.2) is 12.6 Å². The molecule has 3 aromatic rings. The van der Waals surface area contributed by atoms with Crippen LogP contribution in [-0.2, 0) is 4.74 Å². The van der Waals surface area contributed by atoms with E-state index >= 15 is 0 Å². The van der Waals surface area contributed by atoms with Gasteiger partial charge >= 0.3 is 5.97 Å². The number of benzene rings is 3. The first-order valence-corrected chi connectivity index (χ1v) is 9.70. The quantitative estimate of drug-likeness (QED) is 0.189. The molecule has 0 saturated heterocycles. The monoisotopic (exact) mass is 401 g/mol. The molecule has 0 aromatic heterocycles. The Morgan fingerprint density at radius 2 is 1.13 bits per heavy atom. The molecule has 0 fully saturated rings. The molecule has 152 valence electrons. The van der Waals surface area contributed by atoms with Crippen molar-refractivity contribution in [2.75, 3.05) is 12.3 Å². The van der Waals surface area contributed by atoms with Gasteiger partial charge in [0.25, 0.3) is 0 Å². The van der Waals surface area contributed by atoms with Gasteiger partial charge in [-0.25, -0.2) is 4.79 Å². The molecule has 3 aromatic carbocycles. The minimum atomic E-state index is -0.323. The number of nitrogens with two attached hydrogens (primary N) is 1. The Hall–Kier alpha value is -3.87. The standard InChI is InChI=1S/C23H23N5O2/c1-2-3-16-30-23(29)17-4-8-19(9-5-17)25-27-21-12-14-22(15-13-21)28-26-20-10-6-18(24)7-11-20/h4-15H,2-3,16,24H2,1H3. The zero-order chi connectivity index (χ0) is 21.2. The zero-order valence-corrected chi connectivity index (χ0v) is 16.7. The number of unbranched alkanes of at least 4 members (excludes halogenated alkanes) is 1. The molecule has 0 aliphatic carbocycles. The maximum Gasteiger partial charge on any atom is 0.338 e. The van der Waals surface area contributed by atoms with E-state index in [0.717, 1.165) is 18.5 Å². The number of hydrogen-bond acceptors (Lipinski definition) is 7. The number of nitrogens with zero attached hydrogens (tertiary/aromatic N) is 4. The Morgan fingerprint density at radius 1 is 0.733 bits per heavy atom. The van der Waals surface area contributed by atoms with Gasteiger partial charge in [-0.2, -0.15) is 20.5 Å². The van der Waals surface area contributed by atoms with Crippen molar-refractivity contribution in [3.05, 3.63) is 78.4 Å². The van der Waals surface area contributed by atoms with E-state index in [1.54, 1.807) is 60.7 Å². The van der Waals surface area contributed by atoms with Crippen LogP contribution in [0.5, 0.6) is 0 Å². The summed E-state index contributed by atoms with van der Waals surface area (Å²) in [6.45, 7) is 2.49. The van der Waals surface area contributed by atoms with Crippen LogP contribution in [0.3, 0.4) is 0 Å². The Morgan fingerprint density at radius 3 is 1.57 bits per heavy atom. The highest BCUT2D eigenvalue weighted by Crippen LogP contribution is 2.24. The summed E-state index contributed by atoms with van der Waals surface area (Å²) in [6, 6.07) is 21.2. The van der Waals surface area contributed by atoms with Crippen LogP contribution in [0, 0.1) is 0 Å². The van der Waals surface area contributed by atoms with Crippen molar-refractivity contribution >= 4 is 34.4 Å². The molecule has 0 aliphatic heterocycles. The second-order valence-electron chi connectivity index (χ2n) is 6.54. The summed E-state index contributed by atoms with van der Waals surface area (Å²) in [6.07, 6.45) is 1.85. The highest BCUT2D eigenvalue weighted by Gasteiger charge is 2.06. The SMILES string of the molecule is CCCCOC(=O)c1ccc(N=Nc2ccc(N=Nc3ccc(N)cc3)cc2)cc1. The van der Waals surface area contributed by atoms with Gasteiger partial charge in [0.1, 0.15) is 0 Å². The predicted molar refractivity (Wildman–Crippen MR) is 117 cm³/mol. The van der Waals surface area contributed by atoms with Gasteiger partial charge in [0, 0.05) is 5.69 Å². The molecule has 0 heterocycles. The van der Waals surface area contributed by atoms with Crippen LogP contribution in [0.1, 0.15) is 30.1 Å². The van der Waals surface area contributed by atoms with Crippen molar-refractivity contribution in [1.29, 1.82) is 0 Å². The third-order valence-corrected chi connectivity index (χ3v) is 4.14. The lowest BCUT2D eigenvalue weighted by Crippen LogP contribution is -2.05. The van der Waals surface area contributed by atoms with E-state index in [9.17, 15) is 4.79 Å². The highest BCUT2D eigenvalue weighted by molar-refractivity contribution is 5.89. The molecule has 7 heteroatoms. The van der Waals surface area contributed by atoms with Crippen molar-refractivity contribution < 1.29 is 9.53 Å². The van der Waals surface area contributed by atoms with E-state index in [1.165, 1.54) is 0 Å². The van der Waals surface area contributed by atoms with Crippen LogP contribution in [0.2, 0.25) is 0 Å². The Kier molecular flexibility index (Phi) is 7.38. The molecular formula is C23H23N5O2. The fourth-order valence-electron chi connectivity index (χ4n) is 2.41. The molecular weight excluding hydrogens is 378 g/mol. The topological polar surface area (TPSA) is 102 Å². The molecule has 0 aliphatic rings. The first-order chi connectivity index (χ1) is 14.6. The van der Waals surface area contributed by atoms with Crippen molar-refractivity contribution in [3.63, 3.8) is 0 Å². The Bertz CT molecular complexity index is 1010. The summed E-state index contributed by atoms with van der Waals surface area (Å²) in [5.41, 5.74) is 9.60. The fraction of sp³-hybridized carbons (Fsp3) is 0.174. The van der Waals surface area contributed by atoms with Gasteiger partial charge in [-0.1, -0.05) is 13.3 Å². The molecule has 7 nitrogen and oxygen atoms in total. The van der Waals surface area contributed by atoms with E-state index in [0.29, 0.717) is 34.9 Å². The number of ether oxygens (including phenoxy) is 1. The van der Waals surface area contributed by atoms with Crippen LogP contribution in [0.25, 0.3) is 0 Å². The Balaban J connectivity index is 1.57. The maximum absolute atomic E-state index is 11.9. The largest absolute Gasteiger partial charge is 0.462 e. The molecule has 2 N–H and O–H groups in total. The molecule has 0 spiro atoms. The first-order valence-electron chi connectivity index (χ1n) is 9.70. The van der Waals surface area contributed by atoms with Crippen molar-refractivity contribution in [3.8, 4) is 0 Å². The first kappa shape index (κ1) is 20.9. The summed E-state index contributed by atoms with van der Waals surface area (Å²) in [4.78, 5) is 11.9. The average Bonchev–Trinajstić information content (AvgIpc) is 2.78. The normalized spacial score (nSPS) is 11.2. The van der Waals surface area contributed by atoms with Gasteiger partial charge in [0.2, 0.25) is 0 Å². The van der Waals surface area contributed by atoms with Crippen LogP contribution in [0.4, 0.5) is 28.4 Å². The van der Waals surface area contributed by atoms with Crippen molar-refractivity contribution in [1.82, 2.24) is 0 Å². The number of carbonyl (C=O) groups excluding carboxylic acids is 1. The third kappa shape index (κ3) is 6.34. The molecule has 0 atom stereocenters. The average molecular weight is 401 g/mol. The number of esters is 1. The zero-order valence-electron chi connectivity index (χ0n) is 16.7. The van der Waals surface area contributed by atoms with E-state index in [1.807, 2.05) is 19.1 Å².